The van der Waals surface area contributed by atoms with Crippen molar-refractivity contribution in [3.05, 3.63) is 65.9 Å². The molecule has 13 heteroatoms. The Hall–Kier alpha value is -2.90. The van der Waals surface area contributed by atoms with Gasteiger partial charge in [0, 0.05) is 29.4 Å². The van der Waals surface area contributed by atoms with Crippen LogP contribution in [0.2, 0.25) is 5.02 Å². The Morgan fingerprint density at radius 3 is 2.51 bits per heavy atom. The second-order valence-electron chi connectivity index (χ2n) is 9.70. The quantitative estimate of drug-likeness (QED) is 0.388. The average molecular weight is 589 g/mol. The molecule has 5 rings (SSSR count). The molecule has 0 saturated carbocycles. The number of sulfonamides is 1. The highest BCUT2D eigenvalue weighted by atomic mass is 35.5. The molecule has 2 saturated heterocycles. The van der Waals surface area contributed by atoms with Crippen LogP contribution in [0.25, 0.3) is 0 Å². The number of benzene rings is 2. The summed E-state index contributed by atoms with van der Waals surface area (Å²) >= 11 is 7.83. The number of hydrogen-bond donors (Lipinski definition) is 3. The van der Waals surface area contributed by atoms with Crippen LogP contribution in [0.1, 0.15) is 19.8 Å². The maximum atomic E-state index is 12.4. The molecule has 0 radical (unpaired) electrons. The zero-order chi connectivity index (χ0) is 27.6. The molecule has 2 fully saturated rings. The molecule has 0 aliphatic carbocycles. The van der Waals surface area contributed by atoms with Crippen LogP contribution in [-0.4, -0.2) is 56.3 Å². The van der Waals surface area contributed by atoms with Crippen molar-refractivity contribution >= 4 is 50.9 Å². The van der Waals surface area contributed by atoms with Crippen molar-refractivity contribution in [2.45, 2.75) is 46.7 Å². The molecule has 2 aromatic carbocycles. The van der Waals surface area contributed by atoms with Gasteiger partial charge >= 0.3 is 6.03 Å². The molecule has 39 heavy (non-hydrogen) atoms. The normalized spacial score (nSPS) is 20.6. The molecule has 2 aliphatic heterocycles. The molecule has 0 unspecified atom stereocenters. The summed E-state index contributed by atoms with van der Waals surface area (Å²) in [4.78, 5) is 24.4. The third-order valence-electron chi connectivity index (χ3n) is 7.25. The van der Waals surface area contributed by atoms with Gasteiger partial charge in [0.1, 0.15) is 10.8 Å². The Balaban J connectivity index is 1.20. The number of halogens is 1. The topological polar surface area (TPSA) is 140 Å². The lowest BCUT2D eigenvalue weighted by Gasteiger charge is -2.41. The lowest BCUT2D eigenvalue weighted by atomic mass is 9.73. The highest BCUT2D eigenvalue weighted by molar-refractivity contribution is 7.99. The molecule has 3 aromatic rings. The van der Waals surface area contributed by atoms with Crippen LogP contribution < -0.4 is 20.7 Å². The van der Waals surface area contributed by atoms with Gasteiger partial charge < -0.3 is 20.7 Å². The monoisotopic (exact) mass is 588 g/mol. The van der Waals surface area contributed by atoms with Crippen molar-refractivity contribution < 1.29 is 17.9 Å². The van der Waals surface area contributed by atoms with Gasteiger partial charge in [-0.1, -0.05) is 47.6 Å². The van der Waals surface area contributed by atoms with Crippen LogP contribution in [0.15, 0.2) is 75.7 Å². The number of carbonyl (C=O) groups excluding carboxylic acids is 1. The van der Waals surface area contributed by atoms with E-state index in [-0.39, 0.29) is 33.2 Å². The van der Waals surface area contributed by atoms with Gasteiger partial charge in [-0.25, -0.2) is 27.9 Å². The minimum Gasteiger partial charge on any atom is -0.376 e. The number of nitrogens with two attached hydrogens (primary N) is 1. The largest absolute Gasteiger partial charge is 0.376 e. The number of nitrogens with one attached hydrogen (secondary N) is 2. The Bertz CT molecular complexity index is 1430. The lowest BCUT2D eigenvalue weighted by molar-refractivity contribution is 0.0974. The molecule has 10 nitrogen and oxygen atoms in total. The summed E-state index contributed by atoms with van der Waals surface area (Å²) in [6, 6.07) is 11.8. The van der Waals surface area contributed by atoms with Crippen LogP contribution in [-0.2, 0) is 14.8 Å². The minimum absolute atomic E-state index is 0.0210. The molecule has 206 valence electrons. The van der Waals surface area contributed by atoms with Gasteiger partial charge in [-0.05, 0) is 44.0 Å². The summed E-state index contributed by atoms with van der Waals surface area (Å²) in [7, 11) is -4.02. The number of anilines is 2. The van der Waals surface area contributed by atoms with E-state index in [2.05, 4.69) is 20.2 Å². The molecular formula is C26H29ClN6O4S2. The van der Waals surface area contributed by atoms with Crippen molar-refractivity contribution in [1.82, 2.24) is 14.7 Å². The number of ether oxygens (including phenoxy) is 1. The highest BCUT2D eigenvalue weighted by Crippen LogP contribution is 2.42. The SMILES string of the molecule is C[C@@H]1OCC2(CCN(c3cnc(Sc4cccc(NC(=O)NS(=O)(=O)c5ccccc5)c4Cl)cn3)CC2)[C@@H]1N. The van der Waals surface area contributed by atoms with E-state index < -0.39 is 16.1 Å². The van der Waals surface area contributed by atoms with Gasteiger partial charge in [-0.3, -0.25) is 0 Å². The number of hydrogen-bond acceptors (Lipinski definition) is 9. The van der Waals surface area contributed by atoms with E-state index in [1.54, 1.807) is 48.8 Å². The van der Waals surface area contributed by atoms with Crippen LogP contribution in [0, 0.1) is 5.41 Å². The second kappa shape index (κ2) is 11.3. The van der Waals surface area contributed by atoms with E-state index in [1.165, 1.54) is 23.9 Å². The smallest absolute Gasteiger partial charge is 0.333 e. The zero-order valence-corrected chi connectivity index (χ0v) is 23.6. The Morgan fingerprint density at radius 2 is 1.87 bits per heavy atom. The van der Waals surface area contributed by atoms with Crippen molar-refractivity contribution in [3.63, 3.8) is 0 Å². The summed E-state index contributed by atoms with van der Waals surface area (Å²) in [5, 5.41) is 3.39. The summed E-state index contributed by atoms with van der Waals surface area (Å²) < 4.78 is 32.6. The number of urea groups is 1. The number of rotatable bonds is 6. The van der Waals surface area contributed by atoms with Gasteiger partial charge in [0.25, 0.3) is 10.0 Å². The molecular weight excluding hydrogens is 560 g/mol. The number of nitrogens with zero attached hydrogens (tertiary/aromatic N) is 3. The number of carbonyl (C=O) groups is 1. The third-order valence-corrected chi connectivity index (χ3v) is 10.1. The zero-order valence-electron chi connectivity index (χ0n) is 21.2. The average Bonchev–Trinajstić information content (AvgIpc) is 3.20. The van der Waals surface area contributed by atoms with Crippen molar-refractivity contribution in [2.75, 3.05) is 29.9 Å². The fourth-order valence-corrected chi connectivity index (χ4v) is 6.91. The molecule has 3 heterocycles. The fourth-order valence-electron chi connectivity index (χ4n) is 4.91. The molecule has 4 N–H and O–H groups in total. The van der Waals surface area contributed by atoms with Gasteiger partial charge in [0.15, 0.2) is 0 Å². The molecule has 0 bridgehead atoms. The molecule has 2 atom stereocenters. The molecule has 1 aromatic heterocycles. The van der Waals surface area contributed by atoms with Gasteiger partial charge in [-0.2, -0.15) is 0 Å². The predicted molar refractivity (Wildman–Crippen MR) is 151 cm³/mol. The lowest BCUT2D eigenvalue weighted by Crippen LogP contribution is -2.50. The Kier molecular flexibility index (Phi) is 8.01. The maximum Gasteiger partial charge on any atom is 0.333 e. The first-order valence-electron chi connectivity index (χ1n) is 12.5. The predicted octanol–water partition coefficient (Wildman–Crippen LogP) is 4.12. The summed E-state index contributed by atoms with van der Waals surface area (Å²) in [5.41, 5.74) is 6.73. The van der Waals surface area contributed by atoms with E-state index in [9.17, 15) is 13.2 Å². The number of aromatic nitrogens is 2. The van der Waals surface area contributed by atoms with E-state index in [0.717, 1.165) is 31.7 Å². The Labute approximate surface area is 236 Å². The van der Waals surface area contributed by atoms with Crippen LogP contribution >= 0.6 is 23.4 Å². The van der Waals surface area contributed by atoms with Crippen LogP contribution in [0.3, 0.4) is 0 Å². The first-order valence-corrected chi connectivity index (χ1v) is 15.1. The standard InChI is InChI=1S/C26H29ClN6O4S2/c1-17-24(28)26(16-37-17)10-12-33(13-11-26)21-14-30-22(15-29-21)38-20-9-5-8-19(23(20)27)31-25(34)32-39(35,36)18-6-3-2-4-7-18/h2-9,14-15,17,24H,10-13,16,28H2,1H3,(H2,31,32,34)/t17-,24+/m0/s1. The maximum absolute atomic E-state index is 12.4. The number of piperidine rings is 1. The third kappa shape index (κ3) is 5.99. The molecule has 2 amide bonds. The van der Waals surface area contributed by atoms with Crippen molar-refractivity contribution in [3.8, 4) is 0 Å². The summed E-state index contributed by atoms with van der Waals surface area (Å²) in [6.45, 7) is 4.43. The van der Waals surface area contributed by atoms with Crippen LogP contribution in [0.4, 0.5) is 16.3 Å². The van der Waals surface area contributed by atoms with Gasteiger partial charge in [0.05, 0.1) is 40.7 Å². The van der Waals surface area contributed by atoms with Crippen LogP contribution in [0.5, 0.6) is 0 Å². The van der Waals surface area contributed by atoms with Crippen molar-refractivity contribution in [2.24, 2.45) is 11.1 Å². The Morgan fingerprint density at radius 1 is 1.13 bits per heavy atom. The number of amides is 2. The first-order chi connectivity index (χ1) is 18.7. The van der Waals surface area contributed by atoms with E-state index in [1.807, 2.05) is 11.6 Å². The summed E-state index contributed by atoms with van der Waals surface area (Å²) in [5.74, 6) is 0.799. The van der Waals surface area contributed by atoms with E-state index in [4.69, 9.17) is 22.1 Å². The van der Waals surface area contributed by atoms with E-state index >= 15 is 0 Å². The molecule has 1 spiro atoms. The fraction of sp³-hybridized carbons (Fsp3) is 0.346. The van der Waals surface area contributed by atoms with Gasteiger partial charge in [0.2, 0.25) is 0 Å². The summed E-state index contributed by atoms with van der Waals surface area (Å²) in [6.07, 6.45) is 5.42. The first kappa shape index (κ1) is 27.7. The minimum atomic E-state index is -4.02. The highest BCUT2D eigenvalue weighted by Gasteiger charge is 2.47. The van der Waals surface area contributed by atoms with Gasteiger partial charge in [-0.15, -0.1) is 0 Å². The second-order valence-corrected chi connectivity index (χ2v) is 12.8. The molecule has 2 aliphatic rings. The van der Waals surface area contributed by atoms with Crippen molar-refractivity contribution in [1.29, 1.82) is 0 Å². The van der Waals surface area contributed by atoms with E-state index in [0.29, 0.717) is 16.5 Å².